The summed E-state index contributed by atoms with van der Waals surface area (Å²) in [5.41, 5.74) is 1.03. The molecule has 0 aliphatic carbocycles. The van der Waals surface area contributed by atoms with Gasteiger partial charge in [-0.1, -0.05) is 18.8 Å². The Labute approximate surface area is 114 Å². The van der Waals surface area contributed by atoms with Gasteiger partial charge in [0.05, 0.1) is 0 Å². The first-order valence-electron chi connectivity index (χ1n) is 6.60. The molecule has 98 valence electrons. The Hall–Kier alpha value is -0.820. The lowest BCUT2D eigenvalue weighted by Crippen LogP contribution is -2.40. The zero-order chi connectivity index (χ0) is 13.0. The number of aliphatic hydroxyl groups is 1. The van der Waals surface area contributed by atoms with E-state index in [1.807, 2.05) is 0 Å². The van der Waals surface area contributed by atoms with Crippen LogP contribution in [0.25, 0.3) is 0 Å². The lowest BCUT2D eigenvalue weighted by atomic mass is 9.95. The fraction of sp³-hybridized carbons (Fsp3) is 0.600. The zero-order valence-electron chi connectivity index (χ0n) is 11.1. The number of aliphatic hydroxyl groups excluding tert-OH is 1. The Balaban J connectivity index is 1.98. The van der Waals surface area contributed by atoms with Gasteiger partial charge in [0.25, 0.3) is 0 Å². The summed E-state index contributed by atoms with van der Waals surface area (Å²) in [5, 5.41) is 10.8. The summed E-state index contributed by atoms with van der Waals surface area (Å²) in [7, 11) is 0. The maximum atomic E-state index is 8.68. The van der Waals surface area contributed by atoms with Crippen molar-refractivity contribution in [3.63, 3.8) is 0 Å². The van der Waals surface area contributed by atoms with Crippen LogP contribution in [0.5, 0.6) is 0 Å². The number of hydrogen-bond donors (Lipinski definition) is 1. The van der Waals surface area contributed by atoms with E-state index in [1.54, 1.807) is 11.3 Å². The van der Waals surface area contributed by atoms with Gasteiger partial charge in [-0.15, -0.1) is 11.3 Å². The second kappa shape index (κ2) is 6.38. The first-order chi connectivity index (χ1) is 8.69. The highest BCUT2D eigenvalue weighted by Gasteiger charge is 2.22. The van der Waals surface area contributed by atoms with Crippen molar-refractivity contribution < 1.29 is 5.11 Å². The number of nitrogens with zero attached hydrogens (tertiary/aromatic N) is 1. The summed E-state index contributed by atoms with van der Waals surface area (Å²) in [6.45, 7) is 6.84. The molecule has 0 aromatic carbocycles. The van der Waals surface area contributed by atoms with Crippen LogP contribution in [0.3, 0.4) is 0 Å². The largest absolute Gasteiger partial charge is 0.384 e. The van der Waals surface area contributed by atoms with Crippen LogP contribution in [0.1, 0.15) is 37.1 Å². The maximum Gasteiger partial charge on any atom is 0.104 e. The van der Waals surface area contributed by atoms with Gasteiger partial charge in [-0.3, -0.25) is 4.90 Å². The highest BCUT2D eigenvalue weighted by atomic mass is 32.1. The van der Waals surface area contributed by atoms with E-state index in [4.69, 9.17) is 5.11 Å². The molecule has 3 heteroatoms. The Morgan fingerprint density at radius 1 is 1.44 bits per heavy atom. The van der Waals surface area contributed by atoms with E-state index in [1.165, 1.54) is 24.3 Å². The van der Waals surface area contributed by atoms with Gasteiger partial charge in [-0.2, -0.15) is 0 Å². The van der Waals surface area contributed by atoms with E-state index in [0.717, 1.165) is 18.0 Å². The summed E-state index contributed by atoms with van der Waals surface area (Å²) in [6, 6.07) is 2.84. The van der Waals surface area contributed by atoms with Gasteiger partial charge in [-0.05, 0) is 31.7 Å². The zero-order valence-corrected chi connectivity index (χ0v) is 12.0. The number of rotatable bonds is 2. The van der Waals surface area contributed by atoms with Crippen LogP contribution in [0, 0.1) is 17.8 Å². The third-order valence-corrected chi connectivity index (χ3v) is 4.49. The molecule has 2 rings (SSSR count). The van der Waals surface area contributed by atoms with E-state index in [0.29, 0.717) is 6.04 Å². The second-order valence-corrected chi connectivity index (χ2v) is 6.22. The topological polar surface area (TPSA) is 23.5 Å². The Kier molecular flexibility index (Phi) is 4.82. The molecule has 0 spiro atoms. The molecule has 1 fully saturated rings. The van der Waals surface area contributed by atoms with Gasteiger partial charge in [-0.25, -0.2) is 0 Å². The molecule has 1 saturated heterocycles. The molecule has 1 aliphatic rings. The van der Waals surface area contributed by atoms with Crippen molar-refractivity contribution >= 4 is 11.3 Å². The lowest BCUT2D eigenvalue weighted by Gasteiger charge is -2.36. The quantitative estimate of drug-likeness (QED) is 0.829. The molecule has 2 unspecified atom stereocenters. The van der Waals surface area contributed by atoms with Crippen molar-refractivity contribution in [2.75, 3.05) is 13.2 Å². The minimum Gasteiger partial charge on any atom is -0.384 e. The molecule has 0 radical (unpaired) electrons. The van der Waals surface area contributed by atoms with Crippen LogP contribution >= 0.6 is 11.3 Å². The molecule has 2 heterocycles. The average Bonchev–Trinajstić information content (AvgIpc) is 2.79. The van der Waals surface area contributed by atoms with E-state index >= 15 is 0 Å². The fourth-order valence-electron chi connectivity index (χ4n) is 2.47. The van der Waals surface area contributed by atoms with Crippen LogP contribution in [-0.2, 0) is 6.54 Å². The van der Waals surface area contributed by atoms with Gasteiger partial charge < -0.3 is 5.11 Å². The fourth-order valence-corrected chi connectivity index (χ4v) is 3.31. The Morgan fingerprint density at radius 2 is 2.28 bits per heavy atom. The Morgan fingerprint density at radius 3 is 3.06 bits per heavy atom. The molecule has 2 nitrogen and oxygen atoms in total. The van der Waals surface area contributed by atoms with Crippen molar-refractivity contribution in [1.82, 2.24) is 4.90 Å². The Bertz CT molecular complexity index is 443. The van der Waals surface area contributed by atoms with Gasteiger partial charge in [0, 0.05) is 35.0 Å². The molecule has 18 heavy (non-hydrogen) atoms. The van der Waals surface area contributed by atoms with Crippen LogP contribution in [-0.4, -0.2) is 29.2 Å². The van der Waals surface area contributed by atoms with Crippen LogP contribution in [0.15, 0.2) is 11.4 Å². The van der Waals surface area contributed by atoms with Crippen LogP contribution < -0.4 is 0 Å². The molecule has 0 saturated carbocycles. The van der Waals surface area contributed by atoms with Gasteiger partial charge >= 0.3 is 0 Å². The van der Waals surface area contributed by atoms with E-state index < -0.39 is 0 Å². The van der Waals surface area contributed by atoms with E-state index in [-0.39, 0.29) is 6.61 Å². The third kappa shape index (κ3) is 3.58. The summed E-state index contributed by atoms with van der Waals surface area (Å²) in [5.74, 6) is 6.47. The first kappa shape index (κ1) is 13.6. The summed E-state index contributed by atoms with van der Waals surface area (Å²) in [4.78, 5) is 3.95. The van der Waals surface area contributed by atoms with Crippen molar-refractivity contribution in [1.29, 1.82) is 0 Å². The SMILES string of the molecule is CC1CCC(C)N(Cc2cc(C#CCO)cs2)C1. The molecule has 1 aliphatic heterocycles. The molecule has 0 amide bonds. The maximum absolute atomic E-state index is 8.68. The van der Waals surface area contributed by atoms with E-state index in [9.17, 15) is 0 Å². The summed E-state index contributed by atoms with van der Waals surface area (Å²) < 4.78 is 0. The number of hydrogen-bond acceptors (Lipinski definition) is 3. The molecule has 2 atom stereocenters. The minimum atomic E-state index is -0.0636. The summed E-state index contributed by atoms with van der Waals surface area (Å²) >= 11 is 1.77. The standard InChI is InChI=1S/C15H21NOS/c1-12-5-6-13(2)16(9-12)10-15-8-14(11-18-15)4-3-7-17/h8,11-13,17H,5-7,9-10H2,1-2H3. The number of piperidine rings is 1. The molecule has 0 bridgehead atoms. The van der Waals surface area contributed by atoms with Gasteiger partial charge in [0.15, 0.2) is 0 Å². The smallest absolute Gasteiger partial charge is 0.104 e. The predicted octanol–water partition coefficient (Wildman–Crippen LogP) is 2.71. The van der Waals surface area contributed by atoms with Gasteiger partial charge in [0.1, 0.15) is 6.61 Å². The van der Waals surface area contributed by atoms with Gasteiger partial charge in [0.2, 0.25) is 0 Å². The molecular weight excluding hydrogens is 242 g/mol. The normalized spacial score (nSPS) is 24.6. The second-order valence-electron chi connectivity index (χ2n) is 5.22. The summed E-state index contributed by atoms with van der Waals surface area (Å²) in [6.07, 6.45) is 2.67. The average molecular weight is 263 g/mol. The molecule has 1 aromatic rings. The van der Waals surface area contributed by atoms with Crippen molar-refractivity contribution in [2.24, 2.45) is 5.92 Å². The van der Waals surface area contributed by atoms with Crippen LogP contribution in [0.4, 0.5) is 0 Å². The minimum absolute atomic E-state index is 0.0636. The monoisotopic (exact) mass is 263 g/mol. The first-order valence-corrected chi connectivity index (χ1v) is 7.48. The van der Waals surface area contributed by atoms with E-state index in [2.05, 4.69) is 42.0 Å². The van der Waals surface area contributed by atoms with Crippen molar-refractivity contribution in [3.8, 4) is 11.8 Å². The number of thiophene rings is 1. The predicted molar refractivity (Wildman–Crippen MR) is 76.6 cm³/mol. The third-order valence-electron chi connectivity index (χ3n) is 3.57. The highest BCUT2D eigenvalue weighted by Crippen LogP contribution is 2.25. The molecule has 1 N–H and O–H groups in total. The highest BCUT2D eigenvalue weighted by molar-refractivity contribution is 7.10. The van der Waals surface area contributed by atoms with Crippen LogP contribution in [0.2, 0.25) is 0 Å². The molecule has 1 aromatic heterocycles. The van der Waals surface area contributed by atoms with Crippen molar-refractivity contribution in [3.05, 3.63) is 21.9 Å². The van der Waals surface area contributed by atoms with Crippen molar-refractivity contribution in [2.45, 2.75) is 39.3 Å². The molecular formula is C15H21NOS. The number of likely N-dealkylation sites (tertiary alicyclic amines) is 1. The lowest BCUT2D eigenvalue weighted by molar-refractivity contribution is 0.118.